The molecule has 0 saturated carbocycles. The number of hydrogen-bond acceptors (Lipinski definition) is 2. The molecule has 2 aromatic carbocycles. The molecule has 4 heteroatoms. The van der Waals surface area contributed by atoms with Crippen molar-refractivity contribution in [3.05, 3.63) is 71.2 Å². The van der Waals surface area contributed by atoms with Gasteiger partial charge >= 0.3 is 0 Å². The zero-order chi connectivity index (χ0) is 19.1. The number of fused-ring (bicyclic) bond motifs is 1. The SMILES string of the molecule is Cc1cccc(F)c1CN1CC(c2cn(C)c3ccccc23)C(N(C)C)C1. The molecule has 2 atom stereocenters. The fraction of sp³-hybridized carbons (Fsp3) is 0.391. The van der Waals surface area contributed by atoms with Gasteiger partial charge < -0.3 is 9.47 Å². The van der Waals surface area contributed by atoms with Gasteiger partial charge in [-0.05, 0) is 44.3 Å². The van der Waals surface area contributed by atoms with Crippen molar-refractivity contribution < 1.29 is 4.39 Å². The van der Waals surface area contributed by atoms with Crippen LogP contribution in [-0.4, -0.2) is 47.6 Å². The molecule has 1 fully saturated rings. The summed E-state index contributed by atoms with van der Waals surface area (Å²) in [6.07, 6.45) is 2.28. The molecule has 0 N–H and O–H groups in total. The lowest BCUT2D eigenvalue weighted by Gasteiger charge is -2.25. The Bertz CT molecular complexity index is 939. The zero-order valence-electron chi connectivity index (χ0n) is 16.6. The minimum absolute atomic E-state index is 0.0926. The van der Waals surface area contributed by atoms with E-state index in [0.29, 0.717) is 18.5 Å². The van der Waals surface area contributed by atoms with Crippen LogP contribution in [0.1, 0.15) is 22.6 Å². The van der Waals surface area contributed by atoms with E-state index in [-0.39, 0.29) is 5.82 Å². The monoisotopic (exact) mass is 365 g/mol. The van der Waals surface area contributed by atoms with Gasteiger partial charge in [-0.15, -0.1) is 0 Å². The average Bonchev–Trinajstić information content (AvgIpc) is 3.20. The molecule has 0 spiro atoms. The fourth-order valence-electron chi connectivity index (χ4n) is 4.58. The first-order valence-corrected chi connectivity index (χ1v) is 9.62. The molecule has 3 nitrogen and oxygen atoms in total. The van der Waals surface area contributed by atoms with Crippen LogP contribution in [0.2, 0.25) is 0 Å². The van der Waals surface area contributed by atoms with Crippen LogP contribution < -0.4 is 0 Å². The van der Waals surface area contributed by atoms with Gasteiger partial charge in [-0.1, -0.05) is 30.3 Å². The van der Waals surface area contributed by atoms with E-state index in [2.05, 4.69) is 66.0 Å². The van der Waals surface area contributed by atoms with Gasteiger partial charge in [-0.25, -0.2) is 4.39 Å². The predicted octanol–water partition coefficient (Wildman–Crippen LogP) is 4.16. The van der Waals surface area contributed by atoms with Gasteiger partial charge in [0, 0.05) is 61.3 Å². The van der Waals surface area contributed by atoms with Gasteiger partial charge in [0.2, 0.25) is 0 Å². The fourth-order valence-corrected chi connectivity index (χ4v) is 4.58. The normalized spacial score (nSPS) is 20.8. The summed E-state index contributed by atoms with van der Waals surface area (Å²) < 4.78 is 16.6. The number of hydrogen-bond donors (Lipinski definition) is 0. The summed E-state index contributed by atoms with van der Waals surface area (Å²) in [6.45, 7) is 4.57. The van der Waals surface area contributed by atoms with Crippen LogP contribution in [0.4, 0.5) is 4.39 Å². The Morgan fingerprint density at radius 2 is 1.85 bits per heavy atom. The van der Waals surface area contributed by atoms with Gasteiger partial charge in [-0.2, -0.15) is 0 Å². The predicted molar refractivity (Wildman–Crippen MR) is 110 cm³/mol. The highest BCUT2D eigenvalue weighted by atomic mass is 19.1. The summed E-state index contributed by atoms with van der Waals surface area (Å²) in [5, 5.41) is 1.33. The summed E-state index contributed by atoms with van der Waals surface area (Å²) >= 11 is 0. The van der Waals surface area contributed by atoms with Crippen LogP contribution in [0.25, 0.3) is 10.9 Å². The number of aryl methyl sites for hydroxylation is 2. The van der Waals surface area contributed by atoms with E-state index in [9.17, 15) is 4.39 Å². The zero-order valence-corrected chi connectivity index (χ0v) is 16.6. The summed E-state index contributed by atoms with van der Waals surface area (Å²) in [6, 6.07) is 14.4. The van der Waals surface area contributed by atoms with Crippen molar-refractivity contribution in [1.82, 2.24) is 14.4 Å². The minimum atomic E-state index is -0.0926. The second-order valence-electron chi connectivity index (χ2n) is 8.08. The molecular formula is C23H28FN3. The molecule has 2 unspecified atom stereocenters. The summed E-state index contributed by atoms with van der Waals surface area (Å²) in [4.78, 5) is 4.73. The highest BCUT2D eigenvalue weighted by molar-refractivity contribution is 5.84. The van der Waals surface area contributed by atoms with Crippen molar-refractivity contribution in [3.63, 3.8) is 0 Å². The number of nitrogens with zero attached hydrogens (tertiary/aromatic N) is 3. The van der Waals surface area contributed by atoms with Crippen LogP contribution in [-0.2, 0) is 13.6 Å². The highest BCUT2D eigenvalue weighted by Gasteiger charge is 2.36. The Morgan fingerprint density at radius 1 is 1.07 bits per heavy atom. The molecule has 142 valence electrons. The molecule has 3 aromatic rings. The van der Waals surface area contributed by atoms with Gasteiger partial charge in [-0.3, -0.25) is 4.90 Å². The van der Waals surface area contributed by atoms with E-state index in [1.165, 1.54) is 16.5 Å². The average molecular weight is 365 g/mol. The van der Waals surface area contributed by atoms with Gasteiger partial charge in [0.1, 0.15) is 5.82 Å². The molecule has 27 heavy (non-hydrogen) atoms. The van der Waals surface area contributed by atoms with E-state index >= 15 is 0 Å². The first-order valence-electron chi connectivity index (χ1n) is 9.62. The first-order chi connectivity index (χ1) is 13.0. The first kappa shape index (κ1) is 18.2. The molecule has 0 amide bonds. The molecule has 1 aliphatic rings. The topological polar surface area (TPSA) is 11.4 Å². The van der Waals surface area contributed by atoms with E-state index in [1.54, 1.807) is 12.1 Å². The van der Waals surface area contributed by atoms with Crippen molar-refractivity contribution >= 4 is 10.9 Å². The third-order valence-corrected chi connectivity index (χ3v) is 6.09. The number of benzene rings is 2. The molecule has 0 bridgehead atoms. The van der Waals surface area contributed by atoms with E-state index in [1.807, 2.05) is 13.0 Å². The Hall–Kier alpha value is -2.17. The molecule has 1 aliphatic heterocycles. The second kappa shape index (κ2) is 7.10. The molecule has 1 saturated heterocycles. The molecule has 0 radical (unpaired) electrons. The summed E-state index contributed by atoms with van der Waals surface area (Å²) in [5.41, 5.74) is 4.53. The summed E-state index contributed by atoms with van der Waals surface area (Å²) in [7, 11) is 6.42. The Morgan fingerprint density at radius 3 is 2.59 bits per heavy atom. The standard InChI is InChI=1S/C23H28FN3/c1-16-8-7-10-21(24)18(16)13-27-14-20(23(15-27)25(2)3)19-12-26(4)22-11-6-5-9-17(19)22/h5-12,20,23H,13-15H2,1-4H3. The number of halogens is 1. The van der Waals surface area contributed by atoms with E-state index in [4.69, 9.17) is 0 Å². The van der Waals surface area contributed by atoms with Gasteiger partial charge in [0.15, 0.2) is 0 Å². The van der Waals surface area contributed by atoms with Crippen molar-refractivity contribution in [3.8, 4) is 0 Å². The van der Waals surface area contributed by atoms with Crippen LogP contribution in [0.5, 0.6) is 0 Å². The van der Waals surface area contributed by atoms with E-state index < -0.39 is 0 Å². The van der Waals surface area contributed by atoms with Gasteiger partial charge in [0.25, 0.3) is 0 Å². The molecular weight excluding hydrogens is 337 g/mol. The summed E-state index contributed by atoms with van der Waals surface area (Å²) in [5.74, 6) is 0.322. The third kappa shape index (κ3) is 3.28. The number of aromatic nitrogens is 1. The van der Waals surface area contributed by atoms with Crippen molar-refractivity contribution in [1.29, 1.82) is 0 Å². The maximum absolute atomic E-state index is 14.4. The van der Waals surface area contributed by atoms with Crippen LogP contribution in [0.3, 0.4) is 0 Å². The number of rotatable bonds is 4. The highest BCUT2D eigenvalue weighted by Crippen LogP contribution is 2.36. The maximum Gasteiger partial charge on any atom is 0.127 e. The molecule has 2 heterocycles. The number of likely N-dealkylation sites (tertiary alicyclic amines) is 1. The van der Waals surface area contributed by atoms with Crippen molar-refractivity contribution in [2.75, 3.05) is 27.2 Å². The minimum Gasteiger partial charge on any atom is -0.350 e. The third-order valence-electron chi connectivity index (χ3n) is 6.09. The Kier molecular flexibility index (Phi) is 4.79. The number of likely N-dealkylation sites (N-methyl/N-ethyl adjacent to an activating group) is 1. The van der Waals surface area contributed by atoms with Crippen molar-refractivity contribution in [2.24, 2.45) is 7.05 Å². The second-order valence-corrected chi connectivity index (χ2v) is 8.08. The lowest BCUT2D eigenvalue weighted by atomic mass is 9.93. The lowest BCUT2D eigenvalue weighted by molar-refractivity contribution is 0.258. The molecule has 0 aliphatic carbocycles. The van der Waals surface area contributed by atoms with Crippen LogP contribution in [0.15, 0.2) is 48.7 Å². The number of para-hydroxylation sites is 1. The Labute approximate surface area is 161 Å². The molecule has 4 rings (SSSR count). The van der Waals surface area contributed by atoms with Gasteiger partial charge in [0.05, 0.1) is 0 Å². The van der Waals surface area contributed by atoms with E-state index in [0.717, 1.165) is 24.2 Å². The van der Waals surface area contributed by atoms with Crippen LogP contribution >= 0.6 is 0 Å². The van der Waals surface area contributed by atoms with Crippen molar-refractivity contribution in [2.45, 2.75) is 25.4 Å². The largest absolute Gasteiger partial charge is 0.350 e. The maximum atomic E-state index is 14.4. The molecule has 1 aromatic heterocycles. The Balaban J connectivity index is 1.66. The quantitative estimate of drug-likeness (QED) is 0.688. The smallest absolute Gasteiger partial charge is 0.127 e. The lowest BCUT2D eigenvalue weighted by Crippen LogP contribution is -2.34. The van der Waals surface area contributed by atoms with Crippen LogP contribution in [0, 0.1) is 12.7 Å².